The van der Waals surface area contributed by atoms with E-state index in [1.165, 1.54) is 262 Å². The summed E-state index contributed by atoms with van der Waals surface area (Å²) in [4.78, 5) is 0. The Morgan fingerprint density at radius 3 is 1.03 bits per heavy atom. The summed E-state index contributed by atoms with van der Waals surface area (Å²) in [5, 5.41) is 4.83. The van der Waals surface area contributed by atoms with Crippen molar-refractivity contribution in [2.45, 2.75) is 270 Å². The molecule has 1 heterocycles. The zero-order chi connectivity index (χ0) is 64.0. The zero-order valence-electron chi connectivity index (χ0n) is 58.5. The summed E-state index contributed by atoms with van der Waals surface area (Å²) >= 11 is 0. The first-order chi connectivity index (χ1) is 46.1. The largest absolute Gasteiger partial charge is 0.494 e. The summed E-state index contributed by atoms with van der Waals surface area (Å²) < 4.78 is 43.4. The third-order valence-corrected chi connectivity index (χ3v) is 21.1. The van der Waals surface area contributed by atoms with Gasteiger partial charge in [0.1, 0.15) is 36.2 Å². The van der Waals surface area contributed by atoms with Crippen LogP contribution in [0.25, 0.3) is 32.7 Å². The Morgan fingerprint density at radius 2 is 0.667 bits per heavy atom. The van der Waals surface area contributed by atoms with E-state index in [0.29, 0.717) is 52.9 Å². The lowest BCUT2D eigenvalue weighted by Gasteiger charge is -2.29. The number of ether oxygens (including phenoxy) is 7. The highest BCUT2D eigenvalue weighted by atomic mass is 16.6. The Bertz CT molecular complexity index is 2730. The highest BCUT2D eigenvalue weighted by molar-refractivity contribution is 6.10. The van der Waals surface area contributed by atoms with Crippen molar-refractivity contribution in [3.8, 4) is 34.1 Å². The fraction of sp³-hybridized carbons (Fsp3) is 0.628. The van der Waals surface area contributed by atoms with Crippen LogP contribution in [0.4, 0.5) is 0 Å². The van der Waals surface area contributed by atoms with Crippen LogP contribution >= 0.6 is 0 Å². The molecule has 0 unspecified atom stereocenters. The lowest BCUT2D eigenvalue weighted by molar-refractivity contribution is 0.00520. The smallest absolute Gasteiger partial charge is 0.128 e. The van der Waals surface area contributed by atoms with E-state index in [1.807, 2.05) is 0 Å². The van der Waals surface area contributed by atoms with Gasteiger partial charge < -0.3 is 33.2 Å². The molecule has 9 rings (SSSR count). The summed E-state index contributed by atoms with van der Waals surface area (Å²) in [5.41, 5.74) is 8.00. The molecule has 2 fully saturated rings. The molecule has 510 valence electrons. The molecule has 0 aromatic heterocycles. The Labute approximate surface area is 564 Å². The minimum Gasteiger partial charge on any atom is -0.494 e. The van der Waals surface area contributed by atoms with Crippen LogP contribution in [0.15, 0.2) is 109 Å². The SMILES string of the molecule is CCCCCC1CCC(c2ccc(OCCCCCCCCCCCCc3ccc4c5c(ccc4c3)OCCOCCOCCOCCOc3ccc4cc(CCCCCCCCCCCCOc6ccc(C7CCC(CCCCC)CC7)cc6)ccc4c3-5)cc2)CC1. The molecule has 2 aliphatic carbocycles. The monoisotopic (exact) mass is 1270 g/mol. The molecule has 1 aliphatic heterocycles. The van der Waals surface area contributed by atoms with Gasteiger partial charge in [0.25, 0.3) is 0 Å². The molecule has 7 heteroatoms. The summed E-state index contributed by atoms with van der Waals surface area (Å²) in [6.07, 6.45) is 50.2. The van der Waals surface area contributed by atoms with Gasteiger partial charge >= 0.3 is 0 Å². The standard InChI is InChI=1S/C86H124O7/c1-3-5-23-29-69-33-39-73(40-34-69)75-43-49-79(50-44-75)90-57-27-21-17-13-9-7-11-15-19-25-31-71-37-53-81-77(67-71)47-55-83-85(81)86-82-54-38-72(68-78(82)48-56-84(86)93-66-64-89-62-60-87-59-61-88-63-65-92-83)32-26-20-16-12-8-10-14-18-22-28-58-91-80-51-45-76(46-52-80)74-41-35-70(36-42-74)30-24-6-4-2/h37-38,43-56,67-70,73-74H,3-36,39-42,57-66H2,1-2H3. The molecule has 93 heavy (non-hydrogen) atoms. The molecular weight excluding hydrogens is 1140 g/mol. The minimum atomic E-state index is 0.446. The van der Waals surface area contributed by atoms with E-state index in [-0.39, 0.29) is 0 Å². The number of hydrogen-bond donors (Lipinski definition) is 0. The maximum atomic E-state index is 6.68. The van der Waals surface area contributed by atoms with E-state index in [0.717, 1.165) is 96.7 Å². The third kappa shape index (κ3) is 25.5. The molecular formula is C86H124O7. The van der Waals surface area contributed by atoms with Crippen molar-refractivity contribution >= 4 is 21.5 Å². The van der Waals surface area contributed by atoms with Gasteiger partial charge in [-0.15, -0.1) is 0 Å². The van der Waals surface area contributed by atoms with Crippen molar-refractivity contribution in [1.82, 2.24) is 0 Å². The fourth-order valence-corrected chi connectivity index (χ4v) is 15.4. The zero-order valence-corrected chi connectivity index (χ0v) is 58.5. The fourth-order valence-electron chi connectivity index (χ4n) is 15.4. The highest BCUT2D eigenvalue weighted by Gasteiger charge is 2.25. The van der Waals surface area contributed by atoms with Gasteiger partial charge in [-0.3, -0.25) is 0 Å². The molecule has 2 saturated carbocycles. The van der Waals surface area contributed by atoms with Crippen LogP contribution in [0.1, 0.15) is 279 Å². The quantitative estimate of drug-likeness (QED) is 0.0358. The highest BCUT2D eigenvalue weighted by Crippen LogP contribution is 2.47. The number of aryl methyl sites for hydroxylation is 2. The Hall–Kier alpha value is -5.08. The minimum absolute atomic E-state index is 0.446. The van der Waals surface area contributed by atoms with Gasteiger partial charge in [0.15, 0.2) is 0 Å². The summed E-state index contributed by atoms with van der Waals surface area (Å²) in [5.74, 6) is 7.20. The molecule has 0 spiro atoms. The second-order valence-electron chi connectivity index (χ2n) is 28.4. The van der Waals surface area contributed by atoms with Gasteiger partial charge in [-0.1, -0.05) is 241 Å². The molecule has 6 aromatic carbocycles. The summed E-state index contributed by atoms with van der Waals surface area (Å²) in [7, 11) is 0. The van der Waals surface area contributed by atoms with E-state index >= 15 is 0 Å². The van der Waals surface area contributed by atoms with Gasteiger partial charge in [-0.2, -0.15) is 0 Å². The molecule has 3 aliphatic rings. The maximum Gasteiger partial charge on any atom is 0.128 e. The maximum absolute atomic E-state index is 6.68. The molecule has 6 aromatic rings. The van der Waals surface area contributed by atoms with Crippen LogP contribution in [0.2, 0.25) is 0 Å². The lowest BCUT2D eigenvalue weighted by Crippen LogP contribution is -2.14. The number of benzene rings is 6. The third-order valence-electron chi connectivity index (χ3n) is 21.1. The Kier molecular flexibility index (Phi) is 33.5. The molecule has 7 nitrogen and oxygen atoms in total. The van der Waals surface area contributed by atoms with E-state index in [2.05, 4.69) is 123 Å². The van der Waals surface area contributed by atoms with Gasteiger partial charge in [-0.25, -0.2) is 0 Å². The molecule has 0 atom stereocenters. The van der Waals surface area contributed by atoms with Crippen molar-refractivity contribution in [2.24, 2.45) is 11.8 Å². The van der Waals surface area contributed by atoms with Crippen molar-refractivity contribution < 1.29 is 33.2 Å². The van der Waals surface area contributed by atoms with Gasteiger partial charge in [0, 0.05) is 11.1 Å². The average molecular weight is 1270 g/mol. The van der Waals surface area contributed by atoms with Crippen LogP contribution < -0.4 is 18.9 Å². The molecule has 0 radical (unpaired) electrons. The lowest BCUT2D eigenvalue weighted by atomic mass is 9.77. The first-order valence-corrected chi connectivity index (χ1v) is 38.7. The predicted octanol–water partition coefficient (Wildman–Crippen LogP) is 24.2. The predicted molar refractivity (Wildman–Crippen MR) is 392 cm³/mol. The summed E-state index contributed by atoms with van der Waals surface area (Å²) in [6, 6.07) is 41.3. The van der Waals surface area contributed by atoms with Crippen LogP contribution in [-0.4, -0.2) is 66.1 Å². The first-order valence-electron chi connectivity index (χ1n) is 38.7. The number of fused-ring (bicyclic) bond motifs is 7. The molecule has 0 saturated heterocycles. The number of unbranched alkanes of at least 4 members (excludes halogenated alkanes) is 22. The van der Waals surface area contributed by atoms with Crippen molar-refractivity contribution in [1.29, 1.82) is 0 Å². The van der Waals surface area contributed by atoms with Crippen LogP contribution in [0.5, 0.6) is 23.0 Å². The van der Waals surface area contributed by atoms with Crippen molar-refractivity contribution in [3.63, 3.8) is 0 Å². The van der Waals surface area contributed by atoms with E-state index < -0.39 is 0 Å². The van der Waals surface area contributed by atoms with Gasteiger partial charge in [-0.05, 0) is 194 Å². The Balaban J connectivity index is 0.674. The second kappa shape index (κ2) is 43.2. The van der Waals surface area contributed by atoms with Gasteiger partial charge in [0.2, 0.25) is 0 Å². The molecule has 0 N–H and O–H groups in total. The topological polar surface area (TPSA) is 64.6 Å². The Morgan fingerprint density at radius 1 is 0.323 bits per heavy atom. The number of hydrogen-bond acceptors (Lipinski definition) is 7. The summed E-state index contributed by atoms with van der Waals surface area (Å²) in [6.45, 7) is 10.3. The van der Waals surface area contributed by atoms with Crippen LogP contribution in [-0.2, 0) is 27.1 Å². The second-order valence-corrected chi connectivity index (χ2v) is 28.4. The van der Waals surface area contributed by atoms with E-state index in [1.54, 1.807) is 0 Å². The first kappa shape index (κ1) is 72.2. The van der Waals surface area contributed by atoms with Crippen molar-refractivity contribution in [2.75, 3.05) is 66.1 Å². The van der Waals surface area contributed by atoms with Crippen LogP contribution in [0, 0.1) is 11.8 Å². The average Bonchev–Trinajstić information content (AvgIpc) is 0.772. The van der Waals surface area contributed by atoms with E-state index in [9.17, 15) is 0 Å². The van der Waals surface area contributed by atoms with E-state index in [4.69, 9.17) is 33.2 Å². The number of rotatable bonds is 38. The van der Waals surface area contributed by atoms with Crippen LogP contribution in [0.3, 0.4) is 0 Å². The molecule has 0 amide bonds. The van der Waals surface area contributed by atoms with Crippen molar-refractivity contribution in [3.05, 3.63) is 131 Å². The van der Waals surface area contributed by atoms with Gasteiger partial charge in [0.05, 0.1) is 52.9 Å². The normalized spacial score (nSPS) is 18.5. The molecule has 0 bridgehead atoms.